The minimum absolute atomic E-state index is 0.283. The number of carbonyl (C=O) groups is 1. The van der Waals surface area contributed by atoms with Crippen LogP contribution in [0.25, 0.3) is 0 Å². The van der Waals surface area contributed by atoms with Gasteiger partial charge >= 0.3 is 5.97 Å². The first-order chi connectivity index (χ1) is 8.59. The zero-order valence-corrected chi connectivity index (χ0v) is 11.4. The second kappa shape index (κ2) is 7.91. The van der Waals surface area contributed by atoms with Gasteiger partial charge in [-0.25, -0.2) is 0 Å². The molecule has 2 nitrogen and oxygen atoms in total. The fourth-order valence-electron chi connectivity index (χ4n) is 2.24. The lowest BCUT2D eigenvalue weighted by Crippen LogP contribution is -2.03. The number of hydrogen-bond acceptors (Lipinski definition) is 1. The van der Waals surface area contributed by atoms with Gasteiger partial charge in [0.2, 0.25) is 0 Å². The Morgan fingerprint density at radius 2 is 1.78 bits per heavy atom. The summed E-state index contributed by atoms with van der Waals surface area (Å²) in [5.74, 6) is 0.523. The molecular formula is C16H24O2. The molecule has 0 saturated heterocycles. The summed E-state index contributed by atoms with van der Waals surface area (Å²) >= 11 is 0. The Bertz CT molecular complexity index is 343. The van der Waals surface area contributed by atoms with Crippen molar-refractivity contribution >= 4 is 5.97 Å². The Morgan fingerprint density at radius 3 is 2.33 bits per heavy atom. The van der Waals surface area contributed by atoms with Gasteiger partial charge in [-0.2, -0.15) is 0 Å². The number of aliphatic carboxylic acids is 1. The molecule has 1 aromatic carbocycles. The molecule has 18 heavy (non-hydrogen) atoms. The molecule has 0 fully saturated rings. The topological polar surface area (TPSA) is 37.3 Å². The molecule has 0 spiro atoms. The van der Waals surface area contributed by atoms with Gasteiger partial charge in [-0.1, -0.05) is 50.6 Å². The van der Waals surface area contributed by atoms with E-state index in [-0.39, 0.29) is 6.42 Å². The fraction of sp³-hybridized carbons (Fsp3) is 0.562. The van der Waals surface area contributed by atoms with Crippen LogP contribution in [0.1, 0.15) is 57.4 Å². The highest BCUT2D eigenvalue weighted by Crippen LogP contribution is 2.28. The molecule has 1 unspecified atom stereocenters. The summed E-state index contributed by atoms with van der Waals surface area (Å²) in [6.45, 7) is 4.47. The maximum absolute atomic E-state index is 10.6. The molecular weight excluding hydrogens is 224 g/mol. The highest BCUT2D eigenvalue weighted by Gasteiger charge is 2.12. The second-order valence-electron chi connectivity index (χ2n) is 5.36. The largest absolute Gasteiger partial charge is 0.481 e. The van der Waals surface area contributed by atoms with E-state index in [0.717, 1.165) is 19.3 Å². The van der Waals surface area contributed by atoms with Crippen LogP contribution in [-0.4, -0.2) is 11.1 Å². The first-order valence-corrected chi connectivity index (χ1v) is 6.86. The lowest BCUT2D eigenvalue weighted by atomic mass is 9.87. The maximum Gasteiger partial charge on any atom is 0.303 e. The summed E-state index contributed by atoms with van der Waals surface area (Å²) in [4.78, 5) is 10.6. The summed E-state index contributed by atoms with van der Waals surface area (Å²) in [5, 5.41) is 8.72. The molecule has 0 saturated carbocycles. The molecule has 100 valence electrons. The second-order valence-corrected chi connectivity index (χ2v) is 5.36. The van der Waals surface area contributed by atoms with E-state index >= 15 is 0 Å². The summed E-state index contributed by atoms with van der Waals surface area (Å²) in [6, 6.07) is 10.5. The third-order valence-electron chi connectivity index (χ3n) is 3.31. The molecule has 1 N–H and O–H groups in total. The molecule has 0 aliphatic heterocycles. The van der Waals surface area contributed by atoms with E-state index in [1.807, 2.05) is 6.07 Å². The van der Waals surface area contributed by atoms with Crippen LogP contribution >= 0.6 is 0 Å². The predicted molar refractivity (Wildman–Crippen MR) is 74.7 cm³/mol. The van der Waals surface area contributed by atoms with Gasteiger partial charge in [0.1, 0.15) is 0 Å². The Kier molecular flexibility index (Phi) is 6.48. The number of hydrogen-bond donors (Lipinski definition) is 1. The van der Waals surface area contributed by atoms with E-state index < -0.39 is 5.97 Å². The summed E-state index contributed by atoms with van der Waals surface area (Å²) in [6.07, 6.45) is 4.38. The maximum atomic E-state index is 10.6. The molecule has 0 aliphatic rings. The molecule has 2 heteroatoms. The van der Waals surface area contributed by atoms with Crippen molar-refractivity contribution in [2.24, 2.45) is 5.92 Å². The highest BCUT2D eigenvalue weighted by atomic mass is 16.4. The van der Waals surface area contributed by atoms with Gasteiger partial charge in [0.05, 0.1) is 0 Å². The van der Waals surface area contributed by atoms with Gasteiger partial charge in [-0.15, -0.1) is 0 Å². The molecule has 0 amide bonds. The number of benzene rings is 1. The number of carboxylic acids is 1. The van der Waals surface area contributed by atoms with Crippen LogP contribution in [0.4, 0.5) is 0 Å². The van der Waals surface area contributed by atoms with Crippen molar-refractivity contribution in [3.63, 3.8) is 0 Å². The van der Waals surface area contributed by atoms with Crippen LogP contribution in [0, 0.1) is 5.92 Å². The average Bonchev–Trinajstić information content (AvgIpc) is 2.34. The molecule has 0 radical (unpaired) electrons. The smallest absolute Gasteiger partial charge is 0.303 e. The normalized spacial score (nSPS) is 12.6. The van der Waals surface area contributed by atoms with Gasteiger partial charge in [0.15, 0.2) is 0 Å². The molecule has 1 aromatic rings. The fourth-order valence-corrected chi connectivity index (χ4v) is 2.24. The van der Waals surface area contributed by atoms with Crippen molar-refractivity contribution in [2.45, 2.75) is 51.9 Å². The summed E-state index contributed by atoms with van der Waals surface area (Å²) in [5.41, 5.74) is 1.35. The van der Waals surface area contributed by atoms with E-state index in [4.69, 9.17) is 5.11 Å². The SMILES string of the molecule is CC(C)CCC(CCCC(=O)O)c1ccccc1. The monoisotopic (exact) mass is 248 g/mol. The molecule has 0 heterocycles. The van der Waals surface area contributed by atoms with Crippen molar-refractivity contribution in [1.29, 1.82) is 0 Å². The third kappa shape index (κ3) is 5.85. The number of rotatable bonds is 8. The summed E-state index contributed by atoms with van der Waals surface area (Å²) in [7, 11) is 0. The Balaban J connectivity index is 2.55. The van der Waals surface area contributed by atoms with E-state index in [2.05, 4.69) is 38.1 Å². The van der Waals surface area contributed by atoms with Gasteiger partial charge < -0.3 is 5.11 Å². The minimum atomic E-state index is -0.689. The van der Waals surface area contributed by atoms with Crippen LogP contribution in [0.5, 0.6) is 0 Å². The first-order valence-electron chi connectivity index (χ1n) is 6.86. The zero-order chi connectivity index (χ0) is 13.4. The van der Waals surface area contributed by atoms with Gasteiger partial charge in [-0.3, -0.25) is 4.79 Å². The van der Waals surface area contributed by atoms with Gasteiger partial charge in [-0.05, 0) is 36.7 Å². The van der Waals surface area contributed by atoms with Gasteiger partial charge in [0.25, 0.3) is 0 Å². The van der Waals surface area contributed by atoms with Crippen LogP contribution in [0.15, 0.2) is 30.3 Å². The number of carboxylic acid groups (broad SMARTS) is 1. The van der Waals surface area contributed by atoms with Crippen LogP contribution < -0.4 is 0 Å². The highest BCUT2D eigenvalue weighted by molar-refractivity contribution is 5.66. The van der Waals surface area contributed by atoms with Crippen molar-refractivity contribution in [1.82, 2.24) is 0 Å². The van der Waals surface area contributed by atoms with Crippen molar-refractivity contribution in [3.8, 4) is 0 Å². The van der Waals surface area contributed by atoms with Crippen LogP contribution in [0.2, 0.25) is 0 Å². The lowest BCUT2D eigenvalue weighted by Gasteiger charge is -2.18. The standard InChI is InChI=1S/C16H24O2/c1-13(2)11-12-15(9-6-10-16(17)18)14-7-4-3-5-8-14/h3-5,7-8,13,15H,6,9-12H2,1-2H3,(H,17,18). The first kappa shape index (κ1) is 14.7. The molecule has 1 atom stereocenters. The van der Waals surface area contributed by atoms with Crippen molar-refractivity contribution < 1.29 is 9.90 Å². The molecule has 0 aromatic heterocycles. The van der Waals surface area contributed by atoms with E-state index in [1.54, 1.807) is 0 Å². The Morgan fingerprint density at radius 1 is 1.11 bits per heavy atom. The van der Waals surface area contributed by atoms with Crippen molar-refractivity contribution in [3.05, 3.63) is 35.9 Å². The Hall–Kier alpha value is -1.31. The van der Waals surface area contributed by atoms with Crippen molar-refractivity contribution in [2.75, 3.05) is 0 Å². The van der Waals surface area contributed by atoms with E-state index in [9.17, 15) is 4.79 Å². The van der Waals surface area contributed by atoms with Crippen LogP contribution in [0.3, 0.4) is 0 Å². The van der Waals surface area contributed by atoms with Gasteiger partial charge in [0, 0.05) is 6.42 Å². The van der Waals surface area contributed by atoms with Crippen LogP contribution in [-0.2, 0) is 4.79 Å². The lowest BCUT2D eigenvalue weighted by molar-refractivity contribution is -0.137. The van der Waals surface area contributed by atoms with E-state index in [0.29, 0.717) is 11.8 Å². The van der Waals surface area contributed by atoms with E-state index in [1.165, 1.54) is 12.0 Å². The molecule has 0 bridgehead atoms. The third-order valence-corrected chi connectivity index (χ3v) is 3.31. The zero-order valence-electron chi connectivity index (χ0n) is 11.4. The molecule has 1 rings (SSSR count). The predicted octanol–water partition coefficient (Wildman–Crippen LogP) is 4.46. The quantitative estimate of drug-likeness (QED) is 0.737. The average molecular weight is 248 g/mol. The minimum Gasteiger partial charge on any atom is -0.481 e. The molecule has 0 aliphatic carbocycles. The summed E-state index contributed by atoms with van der Waals surface area (Å²) < 4.78 is 0. The Labute approximate surface area is 110 Å².